The predicted octanol–water partition coefficient (Wildman–Crippen LogP) is 1.42. The highest BCUT2D eigenvalue weighted by Crippen LogP contribution is 2.08. The second-order valence-electron chi connectivity index (χ2n) is 5.42. The van der Waals surface area contributed by atoms with E-state index in [-0.39, 0.29) is 36.5 Å². The maximum absolute atomic E-state index is 11.6. The second-order valence-corrected chi connectivity index (χ2v) is 5.42. The van der Waals surface area contributed by atoms with Crippen molar-refractivity contribution in [3.63, 3.8) is 0 Å². The third-order valence-corrected chi connectivity index (χ3v) is 2.18. The molecule has 5 heteroatoms. The zero-order chi connectivity index (χ0) is 13.6. The predicted molar refractivity (Wildman–Crippen MR) is 64.7 cm³/mol. The van der Waals surface area contributed by atoms with Crippen LogP contribution in [0.3, 0.4) is 0 Å². The zero-order valence-electron chi connectivity index (χ0n) is 11.2. The van der Waals surface area contributed by atoms with Crippen molar-refractivity contribution in [2.75, 3.05) is 6.61 Å². The van der Waals surface area contributed by atoms with Gasteiger partial charge in [0, 0.05) is 6.04 Å². The maximum Gasteiger partial charge on any atom is 0.305 e. The van der Waals surface area contributed by atoms with Crippen molar-refractivity contribution in [3.05, 3.63) is 0 Å². The molecular weight excluding hydrogens is 222 g/mol. The second kappa shape index (κ2) is 6.59. The van der Waals surface area contributed by atoms with E-state index in [1.54, 1.807) is 0 Å². The fourth-order valence-electron chi connectivity index (χ4n) is 1.17. The Labute approximate surface area is 103 Å². The highest BCUT2D eigenvalue weighted by Gasteiger charge is 2.20. The van der Waals surface area contributed by atoms with E-state index in [0.29, 0.717) is 0 Å². The molecule has 0 aliphatic carbocycles. The van der Waals surface area contributed by atoms with Crippen molar-refractivity contribution in [1.82, 2.24) is 5.32 Å². The van der Waals surface area contributed by atoms with Gasteiger partial charge in [0.1, 0.15) is 6.61 Å². The molecule has 1 atom stereocenters. The number of aliphatic carboxylic acids is 1. The van der Waals surface area contributed by atoms with E-state index in [2.05, 4.69) is 5.32 Å². The molecule has 0 aromatic heterocycles. The SMILES string of the molecule is CC(C)C(CC(=O)O)NC(=O)COC(C)(C)C. The topological polar surface area (TPSA) is 75.6 Å². The Balaban J connectivity index is 4.18. The third-order valence-electron chi connectivity index (χ3n) is 2.18. The number of carbonyl (C=O) groups excluding carboxylic acids is 1. The molecular formula is C12H23NO4. The van der Waals surface area contributed by atoms with Crippen LogP contribution in [0, 0.1) is 5.92 Å². The van der Waals surface area contributed by atoms with E-state index in [4.69, 9.17) is 9.84 Å². The van der Waals surface area contributed by atoms with Crippen molar-refractivity contribution >= 4 is 11.9 Å². The summed E-state index contributed by atoms with van der Waals surface area (Å²) >= 11 is 0. The molecule has 100 valence electrons. The number of rotatable bonds is 6. The average molecular weight is 245 g/mol. The van der Waals surface area contributed by atoms with Gasteiger partial charge in [-0.2, -0.15) is 0 Å². The molecule has 2 N–H and O–H groups in total. The smallest absolute Gasteiger partial charge is 0.305 e. The number of ether oxygens (including phenoxy) is 1. The lowest BCUT2D eigenvalue weighted by atomic mass is 10.0. The number of carboxylic acids is 1. The van der Waals surface area contributed by atoms with E-state index in [1.165, 1.54) is 0 Å². The van der Waals surface area contributed by atoms with Crippen LogP contribution in [0.25, 0.3) is 0 Å². The standard InChI is InChI=1S/C12H23NO4/c1-8(2)9(6-11(15)16)13-10(14)7-17-12(3,4)5/h8-9H,6-7H2,1-5H3,(H,13,14)(H,15,16). The van der Waals surface area contributed by atoms with E-state index >= 15 is 0 Å². The van der Waals surface area contributed by atoms with E-state index in [0.717, 1.165) is 0 Å². The number of hydrogen-bond donors (Lipinski definition) is 2. The van der Waals surface area contributed by atoms with Crippen molar-refractivity contribution in [1.29, 1.82) is 0 Å². The summed E-state index contributed by atoms with van der Waals surface area (Å²) in [5.74, 6) is -1.12. The summed E-state index contributed by atoms with van der Waals surface area (Å²) in [5, 5.41) is 11.4. The maximum atomic E-state index is 11.6. The molecule has 0 saturated carbocycles. The number of amides is 1. The molecule has 1 amide bonds. The Morgan fingerprint density at radius 1 is 1.29 bits per heavy atom. The minimum atomic E-state index is -0.916. The van der Waals surface area contributed by atoms with Gasteiger partial charge in [0.25, 0.3) is 0 Å². The van der Waals surface area contributed by atoms with E-state index in [1.807, 2.05) is 34.6 Å². The lowest BCUT2D eigenvalue weighted by Crippen LogP contribution is -2.42. The first-order valence-corrected chi connectivity index (χ1v) is 5.77. The van der Waals surface area contributed by atoms with Gasteiger partial charge < -0.3 is 15.2 Å². The molecule has 0 rings (SSSR count). The number of hydrogen-bond acceptors (Lipinski definition) is 3. The molecule has 0 aliphatic rings. The fraction of sp³-hybridized carbons (Fsp3) is 0.833. The minimum Gasteiger partial charge on any atom is -0.481 e. The van der Waals surface area contributed by atoms with Gasteiger partial charge in [-0.05, 0) is 26.7 Å². The quantitative estimate of drug-likeness (QED) is 0.742. The number of carboxylic acid groups (broad SMARTS) is 1. The lowest BCUT2D eigenvalue weighted by molar-refractivity contribution is -0.138. The van der Waals surface area contributed by atoms with Gasteiger partial charge in [0.15, 0.2) is 0 Å². The summed E-state index contributed by atoms with van der Waals surface area (Å²) in [5.41, 5.74) is -0.378. The Bertz CT molecular complexity index is 268. The molecule has 17 heavy (non-hydrogen) atoms. The van der Waals surface area contributed by atoms with Gasteiger partial charge in [0.2, 0.25) is 5.91 Å². The van der Waals surface area contributed by atoms with E-state index in [9.17, 15) is 9.59 Å². The van der Waals surface area contributed by atoms with Crippen molar-refractivity contribution in [2.45, 2.75) is 52.7 Å². The summed E-state index contributed by atoms with van der Waals surface area (Å²) in [6.07, 6.45) is -0.0705. The fourth-order valence-corrected chi connectivity index (χ4v) is 1.17. The van der Waals surface area contributed by atoms with Crippen LogP contribution in [0.5, 0.6) is 0 Å². The molecule has 0 radical (unpaired) electrons. The van der Waals surface area contributed by atoms with Crippen molar-refractivity contribution in [3.8, 4) is 0 Å². The van der Waals surface area contributed by atoms with Crippen LogP contribution in [0.1, 0.15) is 41.0 Å². The summed E-state index contributed by atoms with van der Waals surface area (Å²) < 4.78 is 5.32. The van der Waals surface area contributed by atoms with Crippen LogP contribution in [0.15, 0.2) is 0 Å². The summed E-state index contributed by atoms with van der Waals surface area (Å²) in [7, 11) is 0. The molecule has 0 aliphatic heterocycles. The van der Waals surface area contributed by atoms with Gasteiger partial charge in [-0.25, -0.2) is 0 Å². The molecule has 0 aromatic rings. The highest BCUT2D eigenvalue weighted by atomic mass is 16.5. The first kappa shape index (κ1) is 15.9. The van der Waals surface area contributed by atoms with Crippen LogP contribution >= 0.6 is 0 Å². The Morgan fingerprint density at radius 3 is 2.18 bits per heavy atom. The van der Waals surface area contributed by atoms with Crippen LogP contribution in [-0.4, -0.2) is 35.2 Å². The van der Waals surface area contributed by atoms with Crippen LogP contribution in [0.4, 0.5) is 0 Å². The molecule has 0 heterocycles. The third kappa shape index (κ3) is 8.68. The number of carbonyl (C=O) groups is 2. The summed E-state index contributed by atoms with van der Waals surface area (Å²) in [4.78, 5) is 22.2. The van der Waals surface area contributed by atoms with Crippen LogP contribution < -0.4 is 5.32 Å². The molecule has 0 fully saturated rings. The Morgan fingerprint density at radius 2 is 1.82 bits per heavy atom. The summed E-state index contributed by atoms with van der Waals surface area (Å²) in [6, 6.07) is -0.358. The summed E-state index contributed by atoms with van der Waals surface area (Å²) in [6.45, 7) is 9.27. The van der Waals surface area contributed by atoms with Crippen LogP contribution in [0.2, 0.25) is 0 Å². The van der Waals surface area contributed by atoms with Gasteiger partial charge in [-0.1, -0.05) is 13.8 Å². The first-order chi connectivity index (χ1) is 7.61. The largest absolute Gasteiger partial charge is 0.481 e. The monoisotopic (exact) mass is 245 g/mol. The molecule has 0 saturated heterocycles. The first-order valence-electron chi connectivity index (χ1n) is 5.77. The van der Waals surface area contributed by atoms with E-state index < -0.39 is 5.97 Å². The minimum absolute atomic E-state index is 0.0493. The molecule has 0 bridgehead atoms. The normalized spacial score (nSPS) is 13.5. The highest BCUT2D eigenvalue weighted by molar-refractivity contribution is 5.78. The van der Waals surface area contributed by atoms with Gasteiger partial charge in [-0.15, -0.1) is 0 Å². The van der Waals surface area contributed by atoms with Gasteiger partial charge >= 0.3 is 5.97 Å². The van der Waals surface area contributed by atoms with Gasteiger partial charge in [-0.3, -0.25) is 9.59 Å². The molecule has 1 unspecified atom stereocenters. The zero-order valence-corrected chi connectivity index (χ0v) is 11.2. The Hall–Kier alpha value is -1.10. The number of nitrogens with one attached hydrogen (secondary N) is 1. The van der Waals surface area contributed by atoms with Gasteiger partial charge in [0.05, 0.1) is 12.0 Å². The molecule has 5 nitrogen and oxygen atoms in total. The van der Waals surface area contributed by atoms with Crippen molar-refractivity contribution in [2.24, 2.45) is 5.92 Å². The molecule has 0 spiro atoms. The average Bonchev–Trinajstić information content (AvgIpc) is 2.11. The van der Waals surface area contributed by atoms with Crippen LogP contribution in [-0.2, 0) is 14.3 Å². The molecule has 0 aromatic carbocycles. The lowest BCUT2D eigenvalue weighted by Gasteiger charge is -2.23. The Kier molecular flexibility index (Phi) is 6.16. The van der Waals surface area contributed by atoms with Crippen molar-refractivity contribution < 1.29 is 19.4 Å².